The summed E-state index contributed by atoms with van der Waals surface area (Å²) in [4.78, 5) is 25.5. The lowest BCUT2D eigenvalue weighted by Crippen LogP contribution is -2.36. The lowest BCUT2D eigenvalue weighted by atomic mass is 9.90. The van der Waals surface area contributed by atoms with E-state index in [-0.39, 0.29) is 5.97 Å². The SMILES string of the molecule is CCCCCC(CC=O)CCCCC.CCCCCC(CCCCC)CC(=O)OCCCCCCCCC(CCCCCCCCOC)CCCN1CCOCC1. The lowest BCUT2D eigenvalue weighted by Gasteiger charge is -2.27. The molecule has 0 saturated carbocycles. The predicted molar refractivity (Wildman–Crippen MR) is 246 cm³/mol. The molecule has 0 spiro atoms. The van der Waals surface area contributed by atoms with Crippen molar-refractivity contribution >= 4 is 12.3 Å². The van der Waals surface area contributed by atoms with Gasteiger partial charge in [-0.1, -0.05) is 195 Å². The van der Waals surface area contributed by atoms with Gasteiger partial charge in [-0.15, -0.1) is 0 Å². The summed E-state index contributed by atoms with van der Waals surface area (Å²) in [6, 6.07) is 0. The molecule has 1 fully saturated rings. The Balaban J connectivity index is 0.00000189. The van der Waals surface area contributed by atoms with Gasteiger partial charge in [0, 0.05) is 39.6 Å². The molecule has 1 unspecified atom stereocenters. The van der Waals surface area contributed by atoms with E-state index in [2.05, 4.69) is 32.6 Å². The topological polar surface area (TPSA) is 65.1 Å². The highest BCUT2D eigenvalue weighted by molar-refractivity contribution is 5.69. The minimum Gasteiger partial charge on any atom is -0.466 e. The first-order valence-corrected chi connectivity index (χ1v) is 25.4. The molecule has 1 heterocycles. The largest absolute Gasteiger partial charge is 0.466 e. The summed E-state index contributed by atoms with van der Waals surface area (Å²) in [7, 11) is 1.81. The summed E-state index contributed by atoms with van der Waals surface area (Å²) in [6.07, 6.45) is 44.0. The van der Waals surface area contributed by atoms with Gasteiger partial charge in [0.1, 0.15) is 6.29 Å². The van der Waals surface area contributed by atoms with E-state index in [4.69, 9.17) is 14.2 Å². The Kier molecular flexibility index (Phi) is 45.3. The fourth-order valence-electron chi connectivity index (χ4n) is 8.57. The number of hydrogen-bond donors (Lipinski definition) is 0. The van der Waals surface area contributed by atoms with Crippen molar-refractivity contribution < 1.29 is 23.8 Å². The third-order valence-electron chi connectivity index (χ3n) is 12.4. The Hall–Kier alpha value is -0.980. The highest BCUT2D eigenvalue weighted by atomic mass is 16.5. The maximum absolute atomic E-state index is 12.5. The lowest BCUT2D eigenvalue weighted by molar-refractivity contribution is -0.145. The van der Waals surface area contributed by atoms with Crippen molar-refractivity contribution in [1.29, 1.82) is 0 Å². The van der Waals surface area contributed by atoms with Gasteiger partial charge in [-0.2, -0.15) is 0 Å². The molecule has 0 amide bonds. The molecule has 340 valence electrons. The molecule has 1 atom stereocenters. The Bertz CT molecular complexity index is 782. The minimum atomic E-state index is 0.0451. The molecular formula is C51H101NO5. The predicted octanol–water partition coefficient (Wildman–Crippen LogP) is 14.9. The van der Waals surface area contributed by atoms with E-state index in [1.54, 1.807) is 7.11 Å². The quantitative estimate of drug-likeness (QED) is 0.0348. The van der Waals surface area contributed by atoms with Crippen LogP contribution in [0.4, 0.5) is 0 Å². The van der Waals surface area contributed by atoms with Gasteiger partial charge in [-0.3, -0.25) is 9.69 Å². The molecule has 6 heteroatoms. The Morgan fingerprint density at radius 2 is 0.930 bits per heavy atom. The number of esters is 1. The zero-order valence-electron chi connectivity index (χ0n) is 39.3. The van der Waals surface area contributed by atoms with Crippen molar-refractivity contribution in [2.24, 2.45) is 17.8 Å². The summed E-state index contributed by atoms with van der Waals surface area (Å²) in [5, 5.41) is 0. The number of carbonyl (C=O) groups is 2. The van der Waals surface area contributed by atoms with E-state index in [1.807, 2.05) is 0 Å². The molecule has 57 heavy (non-hydrogen) atoms. The molecule has 6 nitrogen and oxygen atoms in total. The number of methoxy groups -OCH3 is 1. The molecule has 1 aliphatic heterocycles. The molecule has 0 aromatic heterocycles. The fraction of sp³-hybridized carbons (Fsp3) is 0.961. The third kappa shape index (κ3) is 40.2. The van der Waals surface area contributed by atoms with Crippen LogP contribution in [0.5, 0.6) is 0 Å². The highest BCUT2D eigenvalue weighted by Gasteiger charge is 2.15. The number of hydrogen-bond acceptors (Lipinski definition) is 6. The van der Waals surface area contributed by atoms with Gasteiger partial charge in [0.05, 0.1) is 19.8 Å². The van der Waals surface area contributed by atoms with Gasteiger partial charge >= 0.3 is 5.97 Å². The molecule has 0 aromatic rings. The van der Waals surface area contributed by atoms with E-state index in [1.165, 1.54) is 206 Å². The summed E-state index contributed by atoms with van der Waals surface area (Å²) in [5.74, 6) is 2.15. The number of rotatable bonds is 42. The van der Waals surface area contributed by atoms with E-state index >= 15 is 0 Å². The molecule has 1 saturated heterocycles. The van der Waals surface area contributed by atoms with E-state index in [0.29, 0.717) is 24.9 Å². The average Bonchev–Trinajstić information content (AvgIpc) is 3.21. The molecular weight excluding hydrogens is 707 g/mol. The number of morpholine rings is 1. The van der Waals surface area contributed by atoms with Gasteiger partial charge in [0.2, 0.25) is 0 Å². The summed E-state index contributed by atoms with van der Waals surface area (Å²) < 4.78 is 16.4. The van der Waals surface area contributed by atoms with Crippen molar-refractivity contribution in [2.75, 3.05) is 53.2 Å². The van der Waals surface area contributed by atoms with Crippen LogP contribution in [-0.2, 0) is 23.8 Å². The van der Waals surface area contributed by atoms with Crippen LogP contribution >= 0.6 is 0 Å². The third-order valence-corrected chi connectivity index (χ3v) is 12.4. The van der Waals surface area contributed by atoms with Crippen molar-refractivity contribution in [3.8, 4) is 0 Å². The average molecular weight is 808 g/mol. The van der Waals surface area contributed by atoms with Crippen LogP contribution < -0.4 is 0 Å². The molecule has 0 bridgehead atoms. The number of aldehydes is 1. The standard InChI is InChI=1S/C38H75NO4.C13H26O/c1-4-6-16-25-37(26-17-7-5-2)35-38(40)43-32-21-15-11-9-13-19-24-36(23-18-12-8-10-14-20-31-41-3)27-22-28-39-29-33-42-34-30-39;1-3-5-7-9-13(11-12-14)10-8-6-4-2/h36-37H,4-35H2,1-3H3;12-13H,3-11H2,1-2H3. The first-order valence-electron chi connectivity index (χ1n) is 25.4. The van der Waals surface area contributed by atoms with Crippen LogP contribution in [0, 0.1) is 17.8 Å². The maximum Gasteiger partial charge on any atom is 0.306 e. The van der Waals surface area contributed by atoms with Gasteiger partial charge in [-0.25, -0.2) is 0 Å². The number of nitrogens with zero attached hydrogens (tertiary/aromatic N) is 1. The van der Waals surface area contributed by atoms with Crippen LogP contribution in [0.2, 0.25) is 0 Å². The van der Waals surface area contributed by atoms with Crippen LogP contribution in [0.3, 0.4) is 0 Å². The molecule has 1 rings (SSSR count). The molecule has 0 N–H and O–H groups in total. The van der Waals surface area contributed by atoms with Gasteiger partial charge in [0.25, 0.3) is 0 Å². The normalized spacial score (nSPS) is 13.9. The first-order chi connectivity index (χ1) is 28.0. The van der Waals surface area contributed by atoms with Gasteiger partial charge in [-0.05, 0) is 62.8 Å². The monoisotopic (exact) mass is 808 g/mol. The van der Waals surface area contributed by atoms with Crippen LogP contribution in [0.1, 0.15) is 246 Å². The zero-order valence-corrected chi connectivity index (χ0v) is 39.3. The fourth-order valence-corrected chi connectivity index (χ4v) is 8.57. The van der Waals surface area contributed by atoms with Crippen LogP contribution in [-0.4, -0.2) is 70.3 Å². The van der Waals surface area contributed by atoms with Gasteiger partial charge in [0.15, 0.2) is 0 Å². The first kappa shape index (κ1) is 56.0. The van der Waals surface area contributed by atoms with Crippen LogP contribution in [0.15, 0.2) is 0 Å². The Morgan fingerprint density at radius 3 is 1.40 bits per heavy atom. The summed E-state index contributed by atoms with van der Waals surface area (Å²) in [6.45, 7) is 15.8. The molecule has 0 aromatic carbocycles. The zero-order chi connectivity index (χ0) is 41.7. The van der Waals surface area contributed by atoms with Crippen molar-refractivity contribution in [3.63, 3.8) is 0 Å². The molecule has 1 aliphatic rings. The maximum atomic E-state index is 12.5. The van der Waals surface area contributed by atoms with E-state index < -0.39 is 0 Å². The highest BCUT2D eigenvalue weighted by Crippen LogP contribution is 2.25. The Morgan fingerprint density at radius 1 is 0.526 bits per heavy atom. The minimum absolute atomic E-state index is 0.0451. The Labute approximate surface area is 356 Å². The number of carbonyl (C=O) groups excluding carboxylic acids is 2. The van der Waals surface area contributed by atoms with E-state index in [0.717, 1.165) is 58.0 Å². The van der Waals surface area contributed by atoms with Crippen molar-refractivity contribution in [3.05, 3.63) is 0 Å². The second-order valence-electron chi connectivity index (χ2n) is 17.8. The van der Waals surface area contributed by atoms with Crippen molar-refractivity contribution in [1.82, 2.24) is 4.90 Å². The second-order valence-corrected chi connectivity index (χ2v) is 17.8. The molecule has 0 radical (unpaired) electrons. The number of ether oxygens (including phenoxy) is 3. The summed E-state index contributed by atoms with van der Waals surface area (Å²) in [5.41, 5.74) is 0. The second kappa shape index (κ2) is 46.1. The summed E-state index contributed by atoms with van der Waals surface area (Å²) >= 11 is 0. The molecule has 0 aliphatic carbocycles. The van der Waals surface area contributed by atoms with E-state index in [9.17, 15) is 9.59 Å². The van der Waals surface area contributed by atoms with Crippen LogP contribution in [0.25, 0.3) is 0 Å². The van der Waals surface area contributed by atoms with Crippen molar-refractivity contribution in [2.45, 2.75) is 246 Å². The van der Waals surface area contributed by atoms with Gasteiger partial charge < -0.3 is 19.0 Å². The smallest absolute Gasteiger partial charge is 0.306 e. The number of unbranched alkanes of at least 4 members (excludes halogenated alkanes) is 18.